The molecule has 4 nitrogen and oxygen atoms in total. The molecular formula is C15H20F2N2O2. The van der Waals surface area contributed by atoms with Crippen LogP contribution < -0.4 is 10.5 Å². The van der Waals surface area contributed by atoms with E-state index < -0.39 is 6.61 Å². The molecular weight excluding hydrogens is 278 g/mol. The fourth-order valence-electron chi connectivity index (χ4n) is 2.70. The predicted octanol–water partition coefficient (Wildman–Crippen LogP) is 2.63. The van der Waals surface area contributed by atoms with E-state index in [1.165, 1.54) is 24.3 Å². The smallest absolute Gasteiger partial charge is 0.387 e. The van der Waals surface area contributed by atoms with Crippen molar-refractivity contribution in [3.8, 4) is 5.75 Å². The largest absolute Gasteiger partial charge is 0.435 e. The van der Waals surface area contributed by atoms with Crippen molar-refractivity contribution in [3.05, 3.63) is 29.8 Å². The molecule has 0 spiro atoms. The molecule has 1 aliphatic heterocycles. The van der Waals surface area contributed by atoms with E-state index in [0.29, 0.717) is 12.1 Å². The van der Waals surface area contributed by atoms with Crippen LogP contribution in [0, 0.1) is 0 Å². The predicted molar refractivity (Wildman–Crippen MR) is 75.4 cm³/mol. The maximum absolute atomic E-state index is 12.5. The first-order valence-electron chi connectivity index (χ1n) is 7.17. The minimum Gasteiger partial charge on any atom is -0.435 e. The highest BCUT2D eigenvalue weighted by Gasteiger charge is 2.28. The number of nitrogens with zero attached hydrogens (tertiary/aromatic N) is 1. The first kappa shape index (κ1) is 15.7. The maximum atomic E-state index is 12.5. The molecule has 1 aliphatic rings. The van der Waals surface area contributed by atoms with Crippen LogP contribution in [0.25, 0.3) is 0 Å². The van der Waals surface area contributed by atoms with Crippen molar-refractivity contribution >= 4 is 5.91 Å². The van der Waals surface area contributed by atoms with Gasteiger partial charge < -0.3 is 15.4 Å². The number of halogens is 2. The number of hydrogen-bond donors (Lipinski definition) is 1. The number of amides is 1. The quantitative estimate of drug-likeness (QED) is 0.878. The number of nitrogens with two attached hydrogens (primary N) is 1. The number of ether oxygens (including phenoxy) is 1. The number of benzene rings is 1. The zero-order valence-corrected chi connectivity index (χ0v) is 11.8. The summed E-state index contributed by atoms with van der Waals surface area (Å²) in [6.45, 7) is -1.49. The summed E-state index contributed by atoms with van der Waals surface area (Å²) in [5.74, 6) is 0.000715. The van der Waals surface area contributed by atoms with E-state index in [-0.39, 0.29) is 17.7 Å². The summed E-state index contributed by atoms with van der Waals surface area (Å²) in [7, 11) is 0. The first-order valence-corrected chi connectivity index (χ1v) is 7.17. The fourth-order valence-corrected chi connectivity index (χ4v) is 2.70. The van der Waals surface area contributed by atoms with Gasteiger partial charge in [0.2, 0.25) is 0 Å². The molecule has 2 rings (SSSR count). The van der Waals surface area contributed by atoms with Crippen LogP contribution >= 0.6 is 0 Å². The van der Waals surface area contributed by atoms with Crippen molar-refractivity contribution in [3.63, 3.8) is 0 Å². The highest BCUT2D eigenvalue weighted by molar-refractivity contribution is 5.94. The molecule has 0 aromatic heterocycles. The summed E-state index contributed by atoms with van der Waals surface area (Å²) < 4.78 is 28.5. The van der Waals surface area contributed by atoms with Gasteiger partial charge in [-0.2, -0.15) is 8.78 Å². The van der Waals surface area contributed by atoms with Crippen molar-refractivity contribution in [2.45, 2.75) is 38.3 Å². The average molecular weight is 298 g/mol. The molecule has 1 aromatic carbocycles. The number of alkyl halides is 2. The molecule has 1 saturated heterocycles. The molecule has 1 atom stereocenters. The van der Waals surface area contributed by atoms with Gasteiger partial charge in [0.05, 0.1) is 0 Å². The third-order valence-electron chi connectivity index (χ3n) is 3.71. The third-order valence-corrected chi connectivity index (χ3v) is 3.71. The second-order valence-electron chi connectivity index (χ2n) is 5.13. The second kappa shape index (κ2) is 7.36. The van der Waals surface area contributed by atoms with Gasteiger partial charge in [-0.15, -0.1) is 0 Å². The molecule has 0 radical (unpaired) electrons. The van der Waals surface area contributed by atoms with E-state index in [1.807, 2.05) is 4.90 Å². The zero-order chi connectivity index (χ0) is 15.2. The summed E-state index contributed by atoms with van der Waals surface area (Å²) >= 11 is 0. The lowest BCUT2D eigenvalue weighted by molar-refractivity contribution is -0.0498. The number of likely N-dealkylation sites (tertiary alicyclic amines) is 1. The first-order chi connectivity index (χ1) is 10.1. The molecule has 1 fully saturated rings. The normalized spacial score (nSPS) is 18.3. The summed E-state index contributed by atoms with van der Waals surface area (Å²) in [5.41, 5.74) is 6.01. The zero-order valence-electron chi connectivity index (χ0n) is 11.8. The van der Waals surface area contributed by atoms with E-state index >= 15 is 0 Å². The van der Waals surface area contributed by atoms with E-state index in [4.69, 9.17) is 5.73 Å². The number of hydrogen-bond acceptors (Lipinski definition) is 3. The van der Waals surface area contributed by atoms with Gasteiger partial charge in [-0.25, -0.2) is 0 Å². The molecule has 21 heavy (non-hydrogen) atoms. The monoisotopic (exact) mass is 298 g/mol. The molecule has 0 aliphatic carbocycles. The Kier molecular flexibility index (Phi) is 5.50. The summed E-state index contributed by atoms with van der Waals surface area (Å²) in [4.78, 5) is 14.3. The van der Waals surface area contributed by atoms with Gasteiger partial charge >= 0.3 is 6.61 Å². The summed E-state index contributed by atoms with van der Waals surface area (Å²) in [6, 6.07) is 6.07. The van der Waals surface area contributed by atoms with Gasteiger partial charge in [0.1, 0.15) is 5.75 Å². The Hall–Kier alpha value is -1.69. The lowest BCUT2D eigenvalue weighted by Crippen LogP contribution is -2.35. The SMILES string of the molecule is NCCCC1CCCN1C(=O)c1ccc(OC(F)F)cc1. The molecule has 1 heterocycles. The average Bonchev–Trinajstić information content (AvgIpc) is 2.93. The molecule has 6 heteroatoms. The molecule has 0 bridgehead atoms. The van der Waals surface area contributed by atoms with Crippen LogP contribution in [0.3, 0.4) is 0 Å². The van der Waals surface area contributed by atoms with Gasteiger partial charge in [-0.05, 0) is 56.5 Å². The number of carbonyl (C=O) groups excluding carboxylic acids is 1. The van der Waals surface area contributed by atoms with Crippen molar-refractivity contribution in [2.75, 3.05) is 13.1 Å². The van der Waals surface area contributed by atoms with Crippen molar-refractivity contribution < 1.29 is 18.3 Å². The van der Waals surface area contributed by atoms with Crippen LogP contribution in [0.1, 0.15) is 36.0 Å². The van der Waals surface area contributed by atoms with Crippen LogP contribution in [0.5, 0.6) is 5.75 Å². The van der Waals surface area contributed by atoms with E-state index in [0.717, 1.165) is 32.2 Å². The second-order valence-corrected chi connectivity index (χ2v) is 5.13. The molecule has 1 amide bonds. The van der Waals surface area contributed by atoms with Gasteiger partial charge in [-0.3, -0.25) is 4.79 Å². The summed E-state index contributed by atoms with van der Waals surface area (Å²) in [5, 5.41) is 0. The Labute approximate surface area is 122 Å². The molecule has 2 N–H and O–H groups in total. The lowest BCUT2D eigenvalue weighted by Gasteiger charge is -2.24. The van der Waals surface area contributed by atoms with Gasteiger partial charge in [0.25, 0.3) is 5.91 Å². The minimum absolute atomic E-state index is 0.0573. The van der Waals surface area contributed by atoms with Crippen LogP contribution in [0.2, 0.25) is 0 Å². The van der Waals surface area contributed by atoms with Gasteiger partial charge in [-0.1, -0.05) is 0 Å². The van der Waals surface area contributed by atoms with Crippen LogP contribution in [0.15, 0.2) is 24.3 Å². The van der Waals surface area contributed by atoms with Crippen LogP contribution in [-0.4, -0.2) is 36.5 Å². The summed E-state index contributed by atoms with van der Waals surface area (Å²) in [6.07, 6.45) is 3.80. The van der Waals surface area contributed by atoms with Gasteiger partial charge in [0, 0.05) is 18.2 Å². The van der Waals surface area contributed by atoms with Crippen molar-refractivity contribution in [1.82, 2.24) is 4.90 Å². The Morgan fingerprint density at radius 3 is 2.71 bits per heavy atom. The highest BCUT2D eigenvalue weighted by atomic mass is 19.3. The van der Waals surface area contributed by atoms with Crippen molar-refractivity contribution in [2.24, 2.45) is 5.73 Å². The van der Waals surface area contributed by atoms with E-state index in [9.17, 15) is 13.6 Å². The van der Waals surface area contributed by atoms with Gasteiger partial charge in [0.15, 0.2) is 0 Å². The number of rotatable bonds is 6. The van der Waals surface area contributed by atoms with E-state index in [1.54, 1.807) is 0 Å². The Morgan fingerprint density at radius 1 is 1.38 bits per heavy atom. The Bertz CT molecular complexity index is 465. The lowest BCUT2D eigenvalue weighted by atomic mass is 10.1. The molecule has 1 aromatic rings. The maximum Gasteiger partial charge on any atom is 0.387 e. The van der Waals surface area contributed by atoms with E-state index in [2.05, 4.69) is 4.74 Å². The molecule has 0 saturated carbocycles. The van der Waals surface area contributed by atoms with Crippen LogP contribution in [-0.2, 0) is 0 Å². The van der Waals surface area contributed by atoms with Crippen LogP contribution in [0.4, 0.5) is 8.78 Å². The Morgan fingerprint density at radius 2 is 2.10 bits per heavy atom. The number of carbonyl (C=O) groups is 1. The topological polar surface area (TPSA) is 55.6 Å². The highest BCUT2D eigenvalue weighted by Crippen LogP contribution is 2.24. The fraction of sp³-hybridized carbons (Fsp3) is 0.533. The molecule has 116 valence electrons. The Balaban J connectivity index is 2.01. The minimum atomic E-state index is -2.86. The standard InChI is InChI=1S/C15H20F2N2O2/c16-15(17)21-13-7-5-11(6-8-13)14(20)19-10-2-4-12(19)3-1-9-18/h5-8,12,15H,1-4,9-10,18H2. The third kappa shape index (κ3) is 4.14. The molecule has 1 unspecified atom stereocenters. The van der Waals surface area contributed by atoms with Crippen molar-refractivity contribution in [1.29, 1.82) is 0 Å².